The molecule has 0 aliphatic rings. The highest BCUT2D eigenvalue weighted by atomic mass is 32.2. The Balaban J connectivity index is 4.45. The van der Waals surface area contributed by atoms with Crippen LogP contribution in [-0.2, 0) is 10.0 Å². The molecule has 1 unspecified atom stereocenters. The van der Waals surface area contributed by atoms with Crippen molar-refractivity contribution < 1.29 is 8.42 Å². The zero-order chi connectivity index (χ0) is 9.78. The topological polar surface area (TPSA) is 60.2 Å². The Morgan fingerprint density at radius 3 is 2.33 bits per heavy atom. The molecule has 0 amide bonds. The van der Waals surface area contributed by atoms with Gasteiger partial charge < -0.3 is 0 Å². The third-order valence-corrected chi connectivity index (χ3v) is 3.64. The number of allylic oxidation sites excluding steroid dienone is 1. The molecule has 0 aromatic carbocycles. The van der Waals surface area contributed by atoms with E-state index in [1.54, 1.807) is 6.08 Å². The molecule has 0 aromatic rings. The molecule has 0 rings (SSSR count). The Hall–Kier alpha value is -0.350. The second-order valence-electron chi connectivity index (χ2n) is 3.04. The Labute approximate surface area is 74.7 Å². The summed E-state index contributed by atoms with van der Waals surface area (Å²) in [6.45, 7) is 7.27. The SMILES string of the molecule is C=CCC(C)[C@H](CC)S(N)(=O)=O. The van der Waals surface area contributed by atoms with Gasteiger partial charge in [0.25, 0.3) is 0 Å². The van der Waals surface area contributed by atoms with Gasteiger partial charge in [0, 0.05) is 0 Å². The summed E-state index contributed by atoms with van der Waals surface area (Å²) in [6, 6.07) is 0. The molecule has 3 nitrogen and oxygen atoms in total. The van der Waals surface area contributed by atoms with Crippen LogP contribution in [0.5, 0.6) is 0 Å². The molecule has 0 spiro atoms. The molecule has 12 heavy (non-hydrogen) atoms. The van der Waals surface area contributed by atoms with Gasteiger partial charge in [0.1, 0.15) is 0 Å². The van der Waals surface area contributed by atoms with Crippen molar-refractivity contribution in [1.29, 1.82) is 0 Å². The minimum atomic E-state index is -3.38. The third-order valence-electron chi connectivity index (χ3n) is 2.00. The van der Waals surface area contributed by atoms with Crippen LogP contribution < -0.4 is 5.14 Å². The van der Waals surface area contributed by atoms with Gasteiger partial charge in [-0.3, -0.25) is 0 Å². The molecule has 0 aliphatic carbocycles. The average Bonchev–Trinajstić information content (AvgIpc) is 1.85. The van der Waals surface area contributed by atoms with E-state index >= 15 is 0 Å². The van der Waals surface area contributed by atoms with Crippen LogP contribution in [0.15, 0.2) is 12.7 Å². The largest absolute Gasteiger partial charge is 0.228 e. The summed E-state index contributed by atoms with van der Waals surface area (Å²) in [5.41, 5.74) is 0. The maximum atomic E-state index is 11.0. The average molecular weight is 191 g/mol. The maximum absolute atomic E-state index is 11.0. The Morgan fingerprint density at radius 2 is 2.08 bits per heavy atom. The zero-order valence-electron chi connectivity index (χ0n) is 7.66. The van der Waals surface area contributed by atoms with Gasteiger partial charge in [-0.25, -0.2) is 13.6 Å². The number of hydrogen-bond donors (Lipinski definition) is 1. The monoisotopic (exact) mass is 191 g/mol. The second-order valence-corrected chi connectivity index (χ2v) is 4.82. The third kappa shape index (κ3) is 3.36. The molecule has 2 N–H and O–H groups in total. The molecule has 0 radical (unpaired) electrons. The number of primary sulfonamides is 1. The van der Waals surface area contributed by atoms with E-state index < -0.39 is 15.3 Å². The van der Waals surface area contributed by atoms with Crippen molar-refractivity contribution in [3.8, 4) is 0 Å². The molecule has 2 atom stereocenters. The smallest absolute Gasteiger partial charge is 0.212 e. The fraction of sp³-hybridized carbons (Fsp3) is 0.750. The molecule has 0 saturated heterocycles. The first kappa shape index (κ1) is 11.6. The van der Waals surface area contributed by atoms with Gasteiger partial charge in [-0.2, -0.15) is 0 Å². The zero-order valence-corrected chi connectivity index (χ0v) is 8.47. The molecule has 72 valence electrons. The van der Waals surface area contributed by atoms with Crippen molar-refractivity contribution in [2.75, 3.05) is 0 Å². The van der Waals surface area contributed by atoms with E-state index in [-0.39, 0.29) is 5.92 Å². The van der Waals surface area contributed by atoms with Gasteiger partial charge in [-0.1, -0.05) is 19.9 Å². The highest BCUT2D eigenvalue weighted by molar-refractivity contribution is 7.89. The normalized spacial score (nSPS) is 16.9. The lowest BCUT2D eigenvalue weighted by Gasteiger charge is -2.18. The van der Waals surface area contributed by atoms with Gasteiger partial charge in [-0.15, -0.1) is 6.58 Å². The van der Waals surface area contributed by atoms with E-state index in [4.69, 9.17) is 5.14 Å². The second kappa shape index (κ2) is 4.62. The fourth-order valence-corrected chi connectivity index (χ4v) is 2.60. The first-order valence-electron chi connectivity index (χ1n) is 4.06. The molecule has 0 aliphatic heterocycles. The first-order chi connectivity index (χ1) is 5.43. The van der Waals surface area contributed by atoms with Crippen LogP contribution in [-0.4, -0.2) is 13.7 Å². The Morgan fingerprint density at radius 1 is 1.58 bits per heavy atom. The summed E-state index contributed by atoms with van der Waals surface area (Å²) in [5, 5.41) is 4.62. The van der Waals surface area contributed by atoms with E-state index in [9.17, 15) is 8.42 Å². The van der Waals surface area contributed by atoms with E-state index in [2.05, 4.69) is 6.58 Å². The highest BCUT2D eigenvalue weighted by Crippen LogP contribution is 2.17. The summed E-state index contributed by atoms with van der Waals surface area (Å²) >= 11 is 0. The van der Waals surface area contributed by atoms with Gasteiger partial charge >= 0.3 is 0 Å². The lowest BCUT2D eigenvalue weighted by Crippen LogP contribution is -2.33. The van der Waals surface area contributed by atoms with Gasteiger partial charge in [0.2, 0.25) is 10.0 Å². The summed E-state index contributed by atoms with van der Waals surface area (Å²) in [6.07, 6.45) is 2.97. The van der Waals surface area contributed by atoms with Crippen LogP contribution in [0.1, 0.15) is 26.7 Å². The molecule has 4 heteroatoms. The van der Waals surface area contributed by atoms with Crippen molar-refractivity contribution >= 4 is 10.0 Å². The van der Waals surface area contributed by atoms with E-state index in [0.29, 0.717) is 12.8 Å². The van der Waals surface area contributed by atoms with E-state index in [1.807, 2.05) is 13.8 Å². The van der Waals surface area contributed by atoms with Crippen LogP contribution in [0, 0.1) is 5.92 Å². The van der Waals surface area contributed by atoms with E-state index in [1.165, 1.54) is 0 Å². The van der Waals surface area contributed by atoms with Crippen LogP contribution in [0.3, 0.4) is 0 Å². The molecular weight excluding hydrogens is 174 g/mol. The minimum absolute atomic E-state index is 0.0579. The van der Waals surface area contributed by atoms with Crippen molar-refractivity contribution in [2.45, 2.75) is 31.9 Å². The van der Waals surface area contributed by atoms with Crippen molar-refractivity contribution in [2.24, 2.45) is 11.1 Å². The summed E-state index contributed by atoms with van der Waals surface area (Å²) in [5.74, 6) is 0.0579. The van der Waals surface area contributed by atoms with Crippen molar-refractivity contribution in [3.05, 3.63) is 12.7 Å². The molecule has 0 heterocycles. The standard InChI is InChI=1S/C8H17NO2S/c1-4-6-7(3)8(5-2)12(9,10)11/h4,7-8H,1,5-6H2,2-3H3,(H2,9,10,11)/t7?,8-/m0/s1. The number of rotatable bonds is 5. The quantitative estimate of drug-likeness (QED) is 0.665. The molecular formula is C8H17NO2S. The van der Waals surface area contributed by atoms with E-state index in [0.717, 1.165) is 0 Å². The maximum Gasteiger partial charge on any atom is 0.212 e. The number of hydrogen-bond acceptors (Lipinski definition) is 2. The van der Waals surface area contributed by atoms with Crippen molar-refractivity contribution in [3.63, 3.8) is 0 Å². The number of nitrogens with two attached hydrogens (primary N) is 1. The van der Waals surface area contributed by atoms with Gasteiger partial charge in [0.15, 0.2) is 0 Å². The van der Waals surface area contributed by atoms with Crippen LogP contribution in [0.2, 0.25) is 0 Å². The number of sulfonamides is 1. The van der Waals surface area contributed by atoms with Crippen LogP contribution in [0.4, 0.5) is 0 Å². The van der Waals surface area contributed by atoms with Crippen molar-refractivity contribution in [1.82, 2.24) is 0 Å². The molecule has 0 fully saturated rings. The fourth-order valence-electron chi connectivity index (χ4n) is 1.37. The Kier molecular flexibility index (Phi) is 4.49. The van der Waals surface area contributed by atoms with Gasteiger partial charge in [0.05, 0.1) is 5.25 Å². The summed E-state index contributed by atoms with van der Waals surface area (Å²) in [7, 11) is -3.38. The highest BCUT2D eigenvalue weighted by Gasteiger charge is 2.24. The Bertz CT molecular complexity index is 233. The lowest BCUT2D eigenvalue weighted by atomic mass is 10.0. The van der Waals surface area contributed by atoms with Crippen LogP contribution >= 0.6 is 0 Å². The summed E-state index contributed by atoms with van der Waals surface area (Å²) < 4.78 is 22.0. The van der Waals surface area contributed by atoms with Crippen LogP contribution in [0.25, 0.3) is 0 Å². The summed E-state index contributed by atoms with van der Waals surface area (Å²) in [4.78, 5) is 0. The van der Waals surface area contributed by atoms with Gasteiger partial charge in [-0.05, 0) is 18.8 Å². The minimum Gasteiger partial charge on any atom is -0.228 e. The molecule has 0 bridgehead atoms. The first-order valence-corrected chi connectivity index (χ1v) is 5.66. The predicted octanol–water partition coefficient (Wildman–Crippen LogP) is 1.27. The predicted molar refractivity (Wildman–Crippen MR) is 51.2 cm³/mol. The molecule has 0 aromatic heterocycles. The molecule has 0 saturated carbocycles. The lowest BCUT2D eigenvalue weighted by molar-refractivity contribution is 0.499.